The van der Waals surface area contributed by atoms with E-state index in [-0.39, 0.29) is 11.7 Å². The average Bonchev–Trinajstić information content (AvgIpc) is 3.09. The summed E-state index contributed by atoms with van der Waals surface area (Å²) in [5.74, 6) is 0.804. The maximum Gasteiger partial charge on any atom is 0.234 e. The van der Waals surface area contributed by atoms with Crippen molar-refractivity contribution in [3.63, 3.8) is 0 Å². The summed E-state index contributed by atoms with van der Waals surface area (Å²) in [5.41, 5.74) is 1.98. The average molecular weight is 243 g/mol. The number of amides is 1. The van der Waals surface area contributed by atoms with Crippen LogP contribution in [0.3, 0.4) is 0 Å². The maximum atomic E-state index is 12.1. The molecule has 1 N–H and O–H groups in total. The Kier molecular flexibility index (Phi) is 2.34. The van der Waals surface area contributed by atoms with E-state index < -0.39 is 5.41 Å². The van der Waals surface area contributed by atoms with Gasteiger partial charge in [0.15, 0.2) is 5.78 Å². The molecule has 1 heterocycles. The smallest absolute Gasteiger partial charge is 0.234 e. The van der Waals surface area contributed by atoms with Gasteiger partial charge in [-0.15, -0.1) is 0 Å². The lowest BCUT2D eigenvalue weighted by molar-refractivity contribution is -0.119. The van der Waals surface area contributed by atoms with Gasteiger partial charge in [0.05, 0.1) is 5.41 Å². The first-order valence-electron chi connectivity index (χ1n) is 6.47. The Morgan fingerprint density at radius 3 is 2.78 bits per heavy atom. The molecule has 3 nitrogen and oxygen atoms in total. The third-order valence-corrected chi connectivity index (χ3v) is 4.00. The number of benzene rings is 1. The van der Waals surface area contributed by atoms with E-state index in [4.69, 9.17) is 0 Å². The van der Waals surface area contributed by atoms with Gasteiger partial charge in [0.25, 0.3) is 0 Å². The van der Waals surface area contributed by atoms with E-state index in [2.05, 4.69) is 5.32 Å². The molecule has 1 aliphatic carbocycles. The van der Waals surface area contributed by atoms with Gasteiger partial charge in [0, 0.05) is 17.7 Å². The number of fused-ring (bicyclic) bond motifs is 1. The number of carbonyl (C=O) groups excluding carboxylic acids is 2. The fraction of sp³-hybridized carbons (Fsp3) is 0.467. The van der Waals surface area contributed by atoms with Gasteiger partial charge in [0.2, 0.25) is 5.91 Å². The topological polar surface area (TPSA) is 46.2 Å². The highest BCUT2D eigenvalue weighted by Crippen LogP contribution is 2.39. The molecule has 0 bridgehead atoms. The monoisotopic (exact) mass is 243 g/mol. The first kappa shape index (κ1) is 11.5. The maximum absolute atomic E-state index is 12.1. The first-order chi connectivity index (χ1) is 8.48. The van der Waals surface area contributed by atoms with Crippen molar-refractivity contribution >= 4 is 17.4 Å². The molecule has 1 amide bonds. The zero-order chi connectivity index (χ0) is 12.9. The number of hydrogen-bond acceptors (Lipinski definition) is 2. The summed E-state index contributed by atoms with van der Waals surface area (Å²) in [6.45, 7) is 3.78. The van der Waals surface area contributed by atoms with E-state index in [0.717, 1.165) is 16.8 Å². The van der Waals surface area contributed by atoms with Crippen LogP contribution < -0.4 is 5.32 Å². The van der Waals surface area contributed by atoms with Crippen LogP contribution in [0.5, 0.6) is 0 Å². The van der Waals surface area contributed by atoms with Crippen LogP contribution in [-0.4, -0.2) is 11.7 Å². The van der Waals surface area contributed by atoms with E-state index in [1.165, 1.54) is 12.8 Å². The van der Waals surface area contributed by atoms with Gasteiger partial charge < -0.3 is 5.32 Å². The fourth-order valence-corrected chi connectivity index (χ4v) is 2.45. The molecule has 0 spiro atoms. The SMILES string of the molecule is CC1(C)C(=O)Nc2ccc(C(=O)CC3CC3)cc21. The van der Waals surface area contributed by atoms with Gasteiger partial charge in [-0.3, -0.25) is 9.59 Å². The van der Waals surface area contributed by atoms with Crippen molar-refractivity contribution < 1.29 is 9.59 Å². The van der Waals surface area contributed by atoms with Crippen LogP contribution in [0.2, 0.25) is 0 Å². The molecular weight excluding hydrogens is 226 g/mol. The van der Waals surface area contributed by atoms with Crippen molar-refractivity contribution in [2.75, 3.05) is 5.32 Å². The van der Waals surface area contributed by atoms with Crippen molar-refractivity contribution in [1.82, 2.24) is 0 Å². The van der Waals surface area contributed by atoms with Crippen LogP contribution in [0.25, 0.3) is 0 Å². The molecule has 0 atom stereocenters. The quantitative estimate of drug-likeness (QED) is 0.830. The molecule has 1 aromatic rings. The van der Waals surface area contributed by atoms with Gasteiger partial charge in [-0.1, -0.05) is 0 Å². The Balaban J connectivity index is 1.93. The van der Waals surface area contributed by atoms with Crippen molar-refractivity contribution in [3.8, 4) is 0 Å². The second-order valence-electron chi connectivity index (χ2n) is 5.91. The van der Waals surface area contributed by atoms with Gasteiger partial charge in [-0.25, -0.2) is 0 Å². The summed E-state index contributed by atoms with van der Waals surface area (Å²) >= 11 is 0. The van der Waals surface area contributed by atoms with Gasteiger partial charge in [-0.2, -0.15) is 0 Å². The third-order valence-electron chi connectivity index (χ3n) is 4.00. The standard InChI is InChI=1S/C15H17NO2/c1-15(2)11-8-10(13(17)7-9-3-4-9)5-6-12(11)16-14(15)18/h5-6,8-9H,3-4,7H2,1-2H3,(H,16,18). The number of ketones is 1. The summed E-state index contributed by atoms with van der Waals surface area (Å²) in [7, 11) is 0. The minimum atomic E-state index is -0.537. The zero-order valence-electron chi connectivity index (χ0n) is 10.7. The molecule has 2 aliphatic rings. The highest BCUT2D eigenvalue weighted by molar-refractivity contribution is 6.07. The number of rotatable bonds is 3. The zero-order valence-corrected chi connectivity index (χ0v) is 10.7. The fourth-order valence-electron chi connectivity index (χ4n) is 2.45. The molecule has 1 aromatic carbocycles. The molecule has 0 unspecified atom stereocenters. The molecule has 0 aromatic heterocycles. The third kappa shape index (κ3) is 1.74. The molecule has 1 saturated carbocycles. The minimum absolute atomic E-state index is 0.00397. The summed E-state index contributed by atoms with van der Waals surface area (Å²) in [5, 5.41) is 2.86. The van der Waals surface area contributed by atoms with Gasteiger partial charge in [-0.05, 0) is 56.4 Å². The second-order valence-corrected chi connectivity index (χ2v) is 5.91. The van der Waals surface area contributed by atoms with Crippen molar-refractivity contribution in [2.24, 2.45) is 5.92 Å². The lowest BCUT2D eigenvalue weighted by Crippen LogP contribution is -2.27. The lowest BCUT2D eigenvalue weighted by atomic mass is 9.85. The molecule has 1 fully saturated rings. The Labute approximate surface area is 107 Å². The van der Waals surface area contributed by atoms with Crippen molar-refractivity contribution in [3.05, 3.63) is 29.3 Å². The first-order valence-corrected chi connectivity index (χ1v) is 6.47. The van der Waals surface area contributed by atoms with Crippen LogP contribution in [0.4, 0.5) is 5.69 Å². The van der Waals surface area contributed by atoms with Crippen molar-refractivity contribution in [1.29, 1.82) is 0 Å². The molecule has 1 aliphatic heterocycles. The Morgan fingerprint density at radius 2 is 2.11 bits per heavy atom. The highest BCUT2D eigenvalue weighted by atomic mass is 16.2. The molecule has 3 heteroatoms. The number of Topliss-reactive ketones (excluding diaryl/α,β-unsaturated/α-hetero) is 1. The van der Waals surface area contributed by atoms with E-state index >= 15 is 0 Å². The Bertz CT molecular complexity index is 541. The van der Waals surface area contributed by atoms with Crippen LogP contribution >= 0.6 is 0 Å². The minimum Gasteiger partial charge on any atom is -0.325 e. The van der Waals surface area contributed by atoms with Crippen LogP contribution in [-0.2, 0) is 10.2 Å². The van der Waals surface area contributed by atoms with Crippen LogP contribution in [0.1, 0.15) is 49.0 Å². The number of anilines is 1. The van der Waals surface area contributed by atoms with Gasteiger partial charge in [0.1, 0.15) is 0 Å². The molecule has 3 rings (SSSR count). The number of hydrogen-bond donors (Lipinski definition) is 1. The Morgan fingerprint density at radius 1 is 1.39 bits per heavy atom. The second kappa shape index (κ2) is 3.67. The largest absolute Gasteiger partial charge is 0.325 e. The lowest BCUT2D eigenvalue weighted by Gasteiger charge is -2.15. The van der Waals surface area contributed by atoms with E-state index in [1.54, 1.807) is 0 Å². The highest BCUT2D eigenvalue weighted by Gasteiger charge is 2.38. The molecule has 94 valence electrons. The van der Waals surface area contributed by atoms with E-state index in [0.29, 0.717) is 12.3 Å². The van der Waals surface area contributed by atoms with E-state index in [9.17, 15) is 9.59 Å². The summed E-state index contributed by atoms with van der Waals surface area (Å²) in [4.78, 5) is 23.9. The predicted molar refractivity (Wildman–Crippen MR) is 69.8 cm³/mol. The van der Waals surface area contributed by atoms with Crippen molar-refractivity contribution in [2.45, 2.75) is 38.5 Å². The van der Waals surface area contributed by atoms with Crippen LogP contribution in [0, 0.1) is 5.92 Å². The molecule has 18 heavy (non-hydrogen) atoms. The molecule has 0 radical (unpaired) electrons. The summed E-state index contributed by atoms with van der Waals surface area (Å²) in [6, 6.07) is 5.56. The van der Waals surface area contributed by atoms with E-state index in [1.807, 2.05) is 32.0 Å². The Hall–Kier alpha value is -1.64. The number of nitrogens with one attached hydrogen (secondary N) is 1. The normalized spacial score (nSPS) is 20.4. The summed E-state index contributed by atoms with van der Waals surface area (Å²) < 4.78 is 0. The summed E-state index contributed by atoms with van der Waals surface area (Å²) in [6.07, 6.45) is 3.02. The molecular formula is C15H17NO2. The number of carbonyl (C=O) groups is 2. The predicted octanol–water partition coefficient (Wildman–Crippen LogP) is 2.90. The molecule has 0 saturated heterocycles. The van der Waals surface area contributed by atoms with Crippen LogP contribution in [0.15, 0.2) is 18.2 Å². The van der Waals surface area contributed by atoms with Gasteiger partial charge >= 0.3 is 0 Å².